The van der Waals surface area contributed by atoms with Crippen LogP contribution in [0.5, 0.6) is 0 Å². The molecule has 30 heavy (non-hydrogen) atoms. The second-order valence-electron chi connectivity index (χ2n) is 9.60. The number of nitrogens with zero attached hydrogens (tertiary/aromatic N) is 2. The molecule has 2 N–H and O–H groups in total. The van der Waals surface area contributed by atoms with E-state index in [1.54, 1.807) is 0 Å². The van der Waals surface area contributed by atoms with Gasteiger partial charge < -0.3 is 20.3 Å². The Morgan fingerprint density at radius 1 is 1.17 bits per heavy atom. The maximum absolute atomic E-state index is 6.14. The number of para-hydroxylation sites is 1. The first-order valence-electron chi connectivity index (χ1n) is 11.4. The molecule has 2 aliphatic rings. The van der Waals surface area contributed by atoms with Gasteiger partial charge in [-0.15, -0.1) is 24.0 Å². The van der Waals surface area contributed by atoms with Crippen LogP contribution >= 0.6 is 24.0 Å². The van der Waals surface area contributed by atoms with E-state index in [4.69, 9.17) is 9.73 Å². The van der Waals surface area contributed by atoms with E-state index in [0.29, 0.717) is 17.9 Å². The van der Waals surface area contributed by atoms with Crippen LogP contribution in [0.1, 0.15) is 47.0 Å². The van der Waals surface area contributed by atoms with Crippen molar-refractivity contribution in [3.63, 3.8) is 0 Å². The monoisotopic (exact) mass is 528 g/mol. The predicted molar refractivity (Wildman–Crippen MR) is 138 cm³/mol. The minimum atomic E-state index is 0. The van der Waals surface area contributed by atoms with Gasteiger partial charge in [0, 0.05) is 50.9 Å². The van der Waals surface area contributed by atoms with E-state index < -0.39 is 0 Å². The molecule has 0 aromatic heterocycles. The summed E-state index contributed by atoms with van der Waals surface area (Å²) in [4.78, 5) is 7.40. The van der Waals surface area contributed by atoms with Gasteiger partial charge in [-0.25, -0.2) is 0 Å². The standard InChI is InChI=1S/C24H40N4O.HI/c1-5-25-23(27-17-20-10-9-15-29-22(20)24(2,3)4)26-16-19-13-14-28(18-19)21-11-7-6-8-12-21;/h6-8,11-12,19-20,22H,5,9-10,13-18H2,1-4H3,(H2,25,26,27);1H. The lowest BCUT2D eigenvalue weighted by molar-refractivity contribution is -0.0835. The third-order valence-corrected chi connectivity index (χ3v) is 6.09. The number of guanidine groups is 1. The molecular formula is C24H41IN4O. The summed E-state index contributed by atoms with van der Waals surface area (Å²) in [6.07, 6.45) is 3.90. The molecule has 0 saturated carbocycles. The lowest BCUT2D eigenvalue weighted by atomic mass is 9.78. The van der Waals surface area contributed by atoms with Gasteiger partial charge in [-0.2, -0.15) is 0 Å². The molecule has 0 bridgehead atoms. The fraction of sp³-hybridized carbons (Fsp3) is 0.708. The van der Waals surface area contributed by atoms with Gasteiger partial charge >= 0.3 is 0 Å². The largest absolute Gasteiger partial charge is 0.377 e. The van der Waals surface area contributed by atoms with Crippen LogP contribution in [0, 0.1) is 17.3 Å². The number of nitrogens with one attached hydrogen (secondary N) is 2. The molecule has 3 rings (SSSR count). The summed E-state index contributed by atoms with van der Waals surface area (Å²) in [5.74, 6) is 2.10. The van der Waals surface area contributed by atoms with Gasteiger partial charge in [0.05, 0.1) is 6.10 Å². The van der Waals surface area contributed by atoms with Crippen molar-refractivity contribution in [2.24, 2.45) is 22.2 Å². The molecule has 2 aliphatic heterocycles. The molecule has 2 saturated heterocycles. The number of rotatable bonds is 6. The number of ether oxygens (including phenoxy) is 1. The Balaban J connectivity index is 0.00000320. The lowest BCUT2D eigenvalue weighted by Crippen LogP contribution is -2.47. The second kappa shape index (κ2) is 12.1. The van der Waals surface area contributed by atoms with Gasteiger partial charge in [0.2, 0.25) is 0 Å². The highest BCUT2D eigenvalue weighted by Crippen LogP contribution is 2.33. The van der Waals surface area contributed by atoms with E-state index in [2.05, 4.69) is 73.6 Å². The summed E-state index contributed by atoms with van der Waals surface area (Å²) < 4.78 is 6.14. The van der Waals surface area contributed by atoms with Crippen molar-refractivity contribution in [3.05, 3.63) is 30.3 Å². The quantitative estimate of drug-likeness (QED) is 0.324. The van der Waals surface area contributed by atoms with Crippen molar-refractivity contribution in [2.75, 3.05) is 44.2 Å². The highest BCUT2D eigenvalue weighted by Gasteiger charge is 2.35. The highest BCUT2D eigenvalue weighted by molar-refractivity contribution is 14.0. The fourth-order valence-electron chi connectivity index (χ4n) is 4.65. The predicted octanol–water partition coefficient (Wildman–Crippen LogP) is 4.53. The SMILES string of the molecule is CCNC(=NCC1CCN(c2ccccc2)C1)NCC1CCCOC1C(C)(C)C.I. The zero-order valence-corrected chi connectivity index (χ0v) is 21.5. The van der Waals surface area contributed by atoms with E-state index in [1.165, 1.54) is 18.5 Å². The van der Waals surface area contributed by atoms with Crippen molar-refractivity contribution in [1.29, 1.82) is 0 Å². The van der Waals surface area contributed by atoms with E-state index in [9.17, 15) is 0 Å². The number of aliphatic imine (C=N–C) groups is 1. The number of halogens is 1. The summed E-state index contributed by atoms with van der Waals surface area (Å²) in [5.41, 5.74) is 1.50. The van der Waals surface area contributed by atoms with Crippen molar-refractivity contribution in [2.45, 2.75) is 53.1 Å². The maximum atomic E-state index is 6.14. The first kappa shape index (κ1) is 25.2. The molecule has 0 aliphatic carbocycles. The lowest BCUT2D eigenvalue weighted by Gasteiger charge is -2.40. The van der Waals surface area contributed by atoms with Crippen molar-refractivity contribution in [1.82, 2.24) is 10.6 Å². The molecule has 6 heteroatoms. The Labute approximate surface area is 200 Å². The maximum Gasteiger partial charge on any atom is 0.191 e. The van der Waals surface area contributed by atoms with Crippen LogP contribution in [0.25, 0.3) is 0 Å². The van der Waals surface area contributed by atoms with Gasteiger partial charge in [0.15, 0.2) is 5.96 Å². The van der Waals surface area contributed by atoms with Crippen LogP contribution in [0.15, 0.2) is 35.3 Å². The van der Waals surface area contributed by atoms with Crippen molar-refractivity contribution >= 4 is 35.6 Å². The Morgan fingerprint density at radius 3 is 2.63 bits per heavy atom. The molecule has 2 fully saturated rings. The zero-order valence-electron chi connectivity index (χ0n) is 19.2. The summed E-state index contributed by atoms with van der Waals surface area (Å²) in [6.45, 7) is 14.8. The van der Waals surface area contributed by atoms with Crippen LogP contribution in [0.4, 0.5) is 5.69 Å². The van der Waals surface area contributed by atoms with E-state index in [0.717, 1.165) is 51.7 Å². The minimum Gasteiger partial charge on any atom is -0.377 e. The highest BCUT2D eigenvalue weighted by atomic mass is 127. The molecule has 5 nitrogen and oxygen atoms in total. The van der Waals surface area contributed by atoms with Crippen LogP contribution in [0.3, 0.4) is 0 Å². The van der Waals surface area contributed by atoms with E-state index in [1.807, 2.05) is 0 Å². The molecule has 1 aromatic rings. The average molecular weight is 529 g/mol. The molecule has 3 unspecified atom stereocenters. The molecule has 1 aromatic carbocycles. The first-order valence-corrected chi connectivity index (χ1v) is 11.4. The Morgan fingerprint density at radius 2 is 1.93 bits per heavy atom. The molecule has 2 heterocycles. The Kier molecular flexibility index (Phi) is 10.2. The molecule has 0 radical (unpaired) electrons. The average Bonchev–Trinajstić information content (AvgIpc) is 3.19. The van der Waals surface area contributed by atoms with Gasteiger partial charge in [-0.05, 0) is 49.7 Å². The van der Waals surface area contributed by atoms with Crippen molar-refractivity contribution in [3.8, 4) is 0 Å². The van der Waals surface area contributed by atoms with Crippen LogP contribution in [-0.2, 0) is 4.74 Å². The van der Waals surface area contributed by atoms with Gasteiger partial charge in [0.25, 0.3) is 0 Å². The van der Waals surface area contributed by atoms with Crippen LogP contribution < -0.4 is 15.5 Å². The molecule has 170 valence electrons. The molecule has 0 spiro atoms. The molecule has 3 atom stereocenters. The van der Waals surface area contributed by atoms with Gasteiger partial charge in [-0.3, -0.25) is 4.99 Å². The Bertz CT molecular complexity index is 646. The first-order chi connectivity index (χ1) is 14.0. The second-order valence-corrected chi connectivity index (χ2v) is 9.60. The summed E-state index contributed by atoms with van der Waals surface area (Å²) in [6, 6.07) is 10.7. The normalized spacial score (nSPS) is 25.0. The smallest absolute Gasteiger partial charge is 0.191 e. The molecular weight excluding hydrogens is 487 g/mol. The molecule has 0 amide bonds. The summed E-state index contributed by atoms with van der Waals surface area (Å²) in [5, 5.41) is 7.03. The number of hydrogen-bond donors (Lipinski definition) is 2. The minimum absolute atomic E-state index is 0. The third kappa shape index (κ3) is 7.29. The number of anilines is 1. The summed E-state index contributed by atoms with van der Waals surface area (Å²) in [7, 11) is 0. The van der Waals surface area contributed by atoms with Gasteiger partial charge in [0.1, 0.15) is 0 Å². The van der Waals surface area contributed by atoms with E-state index in [-0.39, 0.29) is 29.4 Å². The zero-order chi connectivity index (χ0) is 20.7. The topological polar surface area (TPSA) is 48.9 Å². The van der Waals surface area contributed by atoms with Crippen molar-refractivity contribution < 1.29 is 4.74 Å². The van der Waals surface area contributed by atoms with Crippen LogP contribution in [0.2, 0.25) is 0 Å². The van der Waals surface area contributed by atoms with E-state index >= 15 is 0 Å². The fourth-order valence-corrected chi connectivity index (χ4v) is 4.65. The summed E-state index contributed by atoms with van der Waals surface area (Å²) >= 11 is 0. The van der Waals surface area contributed by atoms with Gasteiger partial charge in [-0.1, -0.05) is 39.0 Å². The number of hydrogen-bond acceptors (Lipinski definition) is 3. The third-order valence-electron chi connectivity index (χ3n) is 6.09. The number of benzene rings is 1. The van der Waals surface area contributed by atoms with Crippen LogP contribution in [-0.4, -0.2) is 51.4 Å². The Hall–Kier alpha value is -1.02.